The number of benzene rings is 1. The summed E-state index contributed by atoms with van der Waals surface area (Å²) in [5, 5.41) is 16.2. The molecule has 2 aromatic rings. The van der Waals surface area contributed by atoms with Gasteiger partial charge in [0.25, 0.3) is 5.69 Å². The van der Waals surface area contributed by atoms with E-state index < -0.39 is 45.0 Å². The Morgan fingerprint density at radius 3 is 2.57 bits per heavy atom. The third-order valence-corrected chi connectivity index (χ3v) is 4.77. The number of carbonyl (C=O) groups is 1. The molecular weight excluding hydrogens is 407 g/mol. The summed E-state index contributed by atoms with van der Waals surface area (Å²) in [5.41, 5.74) is -1.53. The van der Waals surface area contributed by atoms with Gasteiger partial charge in [-0.15, -0.1) is 0 Å². The van der Waals surface area contributed by atoms with Gasteiger partial charge in [0.1, 0.15) is 6.54 Å². The number of aromatic nitrogens is 2. The van der Waals surface area contributed by atoms with E-state index in [1.165, 1.54) is 12.1 Å². The van der Waals surface area contributed by atoms with Gasteiger partial charge in [0, 0.05) is 31.4 Å². The molecule has 1 aromatic heterocycles. The van der Waals surface area contributed by atoms with Gasteiger partial charge >= 0.3 is 6.18 Å². The largest absolute Gasteiger partial charge is 0.435 e. The predicted octanol–water partition coefficient (Wildman–Crippen LogP) is 0.905. The summed E-state index contributed by atoms with van der Waals surface area (Å²) in [7, 11) is -4.03. The van der Waals surface area contributed by atoms with E-state index in [1.54, 1.807) is 0 Å². The Bertz CT molecular complexity index is 974. The van der Waals surface area contributed by atoms with Crippen molar-refractivity contribution in [2.75, 3.05) is 13.1 Å². The normalized spacial score (nSPS) is 12.0. The highest BCUT2D eigenvalue weighted by Crippen LogP contribution is 2.27. The Morgan fingerprint density at radius 2 is 1.96 bits per heavy atom. The number of nitro benzene ring substituents is 1. The minimum atomic E-state index is -4.62. The maximum atomic E-state index is 12.4. The van der Waals surface area contributed by atoms with Crippen molar-refractivity contribution in [3.63, 3.8) is 0 Å². The number of rotatable bonds is 8. The molecule has 0 bridgehead atoms. The fraction of sp³-hybridized carbons (Fsp3) is 0.286. The highest BCUT2D eigenvalue weighted by atomic mass is 32.2. The van der Waals surface area contributed by atoms with E-state index in [-0.39, 0.29) is 18.0 Å². The summed E-state index contributed by atoms with van der Waals surface area (Å²) in [6, 6.07) is 5.13. The molecule has 0 aliphatic heterocycles. The van der Waals surface area contributed by atoms with Crippen molar-refractivity contribution >= 4 is 21.6 Å². The molecule has 1 aromatic carbocycles. The van der Waals surface area contributed by atoms with Gasteiger partial charge in [0.2, 0.25) is 15.9 Å². The number of nitrogens with zero attached hydrogens (tertiary/aromatic N) is 3. The standard InChI is InChI=1S/C14H14F3N5O5S/c15-14(16,17)12-4-7-21(20-12)9-13(23)18-5-6-19-28(26,27)11-3-1-2-10(8-11)22(24)25/h1-4,7-8,19H,5-6,9H2,(H,18,23). The van der Waals surface area contributed by atoms with E-state index in [0.29, 0.717) is 0 Å². The molecule has 0 radical (unpaired) electrons. The molecule has 0 aliphatic rings. The van der Waals surface area contributed by atoms with Gasteiger partial charge in [-0.2, -0.15) is 18.3 Å². The maximum absolute atomic E-state index is 12.4. The average molecular weight is 421 g/mol. The Hall–Kier alpha value is -3.00. The second kappa shape index (κ2) is 8.35. The smallest absolute Gasteiger partial charge is 0.353 e. The van der Waals surface area contributed by atoms with Gasteiger partial charge in [-0.05, 0) is 12.1 Å². The number of nitro groups is 1. The van der Waals surface area contributed by atoms with Crippen molar-refractivity contribution in [2.24, 2.45) is 0 Å². The van der Waals surface area contributed by atoms with Crippen LogP contribution in [0, 0.1) is 10.1 Å². The second-order valence-corrected chi connectivity index (χ2v) is 7.17. The van der Waals surface area contributed by atoms with Crippen molar-refractivity contribution < 1.29 is 31.3 Å². The summed E-state index contributed by atoms with van der Waals surface area (Å²) in [5.74, 6) is -0.675. The molecule has 2 N–H and O–H groups in total. The Balaban J connectivity index is 1.83. The summed E-state index contributed by atoms with van der Waals surface area (Å²) in [6.45, 7) is -0.863. The van der Waals surface area contributed by atoms with Gasteiger partial charge < -0.3 is 5.32 Å². The molecule has 0 aliphatic carbocycles. The minimum Gasteiger partial charge on any atom is -0.353 e. The Morgan fingerprint density at radius 1 is 1.25 bits per heavy atom. The molecule has 152 valence electrons. The van der Waals surface area contributed by atoms with Gasteiger partial charge in [-0.1, -0.05) is 6.07 Å². The molecule has 1 amide bonds. The van der Waals surface area contributed by atoms with E-state index in [2.05, 4.69) is 15.1 Å². The van der Waals surface area contributed by atoms with Crippen LogP contribution >= 0.6 is 0 Å². The van der Waals surface area contributed by atoms with Gasteiger partial charge in [0.15, 0.2) is 5.69 Å². The lowest BCUT2D eigenvalue weighted by atomic mass is 10.3. The minimum absolute atomic E-state index is 0.152. The van der Waals surface area contributed by atoms with Crippen LogP contribution < -0.4 is 10.0 Å². The van der Waals surface area contributed by atoms with Crippen LogP contribution in [0.3, 0.4) is 0 Å². The lowest BCUT2D eigenvalue weighted by Crippen LogP contribution is -2.36. The van der Waals surface area contributed by atoms with E-state index in [9.17, 15) is 36.5 Å². The van der Waals surface area contributed by atoms with Crippen LogP contribution in [-0.2, 0) is 27.5 Å². The van der Waals surface area contributed by atoms with E-state index in [4.69, 9.17) is 0 Å². The van der Waals surface area contributed by atoms with Crippen LogP contribution in [0.5, 0.6) is 0 Å². The quantitative estimate of drug-likeness (QED) is 0.369. The summed E-state index contributed by atoms with van der Waals surface area (Å²) >= 11 is 0. The summed E-state index contributed by atoms with van der Waals surface area (Å²) in [6.07, 6.45) is -3.63. The first kappa shape index (κ1) is 21.3. The van der Waals surface area contributed by atoms with E-state index in [1.807, 2.05) is 0 Å². The monoisotopic (exact) mass is 421 g/mol. The van der Waals surface area contributed by atoms with Crippen molar-refractivity contribution in [2.45, 2.75) is 17.6 Å². The fourth-order valence-electron chi connectivity index (χ4n) is 2.04. The zero-order valence-electron chi connectivity index (χ0n) is 14.0. The fourth-order valence-corrected chi connectivity index (χ4v) is 3.11. The van der Waals surface area contributed by atoms with Crippen LogP contribution in [0.1, 0.15) is 5.69 Å². The maximum Gasteiger partial charge on any atom is 0.435 e. The van der Waals surface area contributed by atoms with Crippen molar-refractivity contribution in [3.8, 4) is 0 Å². The zero-order chi connectivity index (χ0) is 20.9. The first-order valence-corrected chi connectivity index (χ1v) is 9.09. The highest BCUT2D eigenvalue weighted by molar-refractivity contribution is 7.89. The van der Waals surface area contributed by atoms with E-state index >= 15 is 0 Å². The molecule has 0 spiro atoms. The number of hydrogen-bond donors (Lipinski definition) is 2. The van der Waals surface area contributed by atoms with E-state index in [0.717, 1.165) is 29.1 Å². The SMILES string of the molecule is O=C(Cn1ccc(C(F)(F)F)n1)NCCNS(=O)(=O)c1cccc([N+](=O)[O-])c1. The predicted molar refractivity (Wildman–Crippen MR) is 88.5 cm³/mol. The molecule has 0 atom stereocenters. The average Bonchev–Trinajstić information content (AvgIpc) is 3.07. The number of carbonyl (C=O) groups excluding carboxylic acids is 1. The Kier molecular flexibility index (Phi) is 6.35. The van der Waals surface area contributed by atoms with Gasteiger partial charge in [0.05, 0.1) is 9.82 Å². The molecule has 1 heterocycles. The molecular formula is C14H14F3N5O5S. The Labute approximate surface area is 156 Å². The molecule has 2 rings (SSSR count). The van der Waals surface area contributed by atoms with Crippen molar-refractivity contribution in [1.82, 2.24) is 19.8 Å². The summed E-state index contributed by atoms with van der Waals surface area (Å²) < 4.78 is 64.4. The number of sulfonamides is 1. The topological polar surface area (TPSA) is 136 Å². The third-order valence-electron chi connectivity index (χ3n) is 3.31. The number of hydrogen-bond acceptors (Lipinski definition) is 6. The van der Waals surface area contributed by atoms with Crippen molar-refractivity contribution in [1.29, 1.82) is 0 Å². The second-order valence-electron chi connectivity index (χ2n) is 5.40. The molecule has 0 fully saturated rings. The molecule has 28 heavy (non-hydrogen) atoms. The first-order chi connectivity index (χ1) is 13.0. The molecule has 0 saturated carbocycles. The lowest BCUT2D eigenvalue weighted by Gasteiger charge is -2.08. The number of nitrogens with one attached hydrogen (secondary N) is 2. The lowest BCUT2D eigenvalue weighted by molar-refractivity contribution is -0.385. The number of amides is 1. The first-order valence-electron chi connectivity index (χ1n) is 7.60. The van der Waals surface area contributed by atoms with Gasteiger partial charge in [-0.25, -0.2) is 13.1 Å². The summed E-state index contributed by atoms with van der Waals surface area (Å²) in [4.78, 5) is 21.3. The highest BCUT2D eigenvalue weighted by Gasteiger charge is 2.33. The third kappa shape index (κ3) is 5.75. The van der Waals surface area contributed by atoms with Gasteiger partial charge in [-0.3, -0.25) is 19.6 Å². The molecule has 10 nitrogen and oxygen atoms in total. The molecule has 0 unspecified atom stereocenters. The molecule has 0 saturated heterocycles. The van der Waals surface area contributed by atoms with Crippen LogP contribution in [0.2, 0.25) is 0 Å². The van der Waals surface area contributed by atoms with Crippen LogP contribution in [-0.4, -0.2) is 42.1 Å². The van der Waals surface area contributed by atoms with Crippen LogP contribution in [0.4, 0.5) is 18.9 Å². The number of non-ortho nitro benzene ring substituents is 1. The number of alkyl halides is 3. The zero-order valence-corrected chi connectivity index (χ0v) is 14.8. The van der Waals surface area contributed by atoms with Crippen molar-refractivity contribution in [3.05, 3.63) is 52.3 Å². The molecule has 14 heteroatoms. The number of halogens is 3. The van der Waals surface area contributed by atoms with Crippen LogP contribution in [0.25, 0.3) is 0 Å². The van der Waals surface area contributed by atoms with Crippen LogP contribution in [0.15, 0.2) is 41.4 Å².